The molecule has 2 aliphatic rings. The van der Waals surface area contributed by atoms with Crippen molar-refractivity contribution in [3.63, 3.8) is 0 Å². The van der Waals surface area contributed by atoms with Gasteiger partial charge in [0.1, 0.15) is 17.0 Å². The predicted molar refractivity (Wildman–Crippen MR) is 152 cm³/mol. The molecule has 39 heavy (non-hydrogen) atoms. The second-order valence-corrected chi connectivity index (χ2v) is 10.4. The van der Waals surface area contributed by atoms with Gasteiger partial charge in [-0.25, -0.2) is 4.98 Å². The fourth-order valence-corrected chi connectivity index (χ4v) is 5.12. The topological polar surface area (TPSA) is 127 Å². The maximum Gasteiger partial charge on any atom is 0.264 e. The van der Waals surface area contributed by atoms with Gasteiger partial charge in [0.05, 0.1) is 11.0 Å². The summed E-state index contributed by atoms with van der Waals surface area (Å²) in [6.07, 6.45) is 8.52. The normalized spacial score (nSPS) is 20.9. The molecule has 10 nitrogen and oxygen atoms in total. The number of hydrogen-bond acceptors (Lipinski definition) is 7. The Balaban J connectivity index is 1.23. The van der Waals surface area contributed by atoms with Gasteiger partial charge in [0.15, 0.2) is 0 Å². The molecule has 1 aromatic heterocycles. The zero-order chi connectivity index (χ0) is 27.6. The minimum absolute atomic E-state index is 0.0625. The molecule has 204 valence electrons. The molecule has 2 amide bonds. The summed E-state index contributed by atoms with van der Waals surface area (Å²) >= 11 is 0. The fraction of sp³-hybridized carbons (Fsp3) is 0.345. The Morgan fingerprint density at radius 1 is 1.21 bits per heavy atom. The SMILES string of the molecule is CN1CCCC1CCNC(=O)c1ccc(Nc2nc3cc(OC4(C)C=CNC(C(N)=O)=C4)ccc3n2C)cc1. The number of aryl methyl sites for hydroxylation is 1. The summed E-state index contributed by atoms with van der Waals surface area (Å²) in [6, 6.07) is 13.6. The van der Waals surface area contributed by atoms with Crippen LogP contribution in [0.4, 0.5) is 11.6 Å². The zero-order valence-electron chi connectivity index (χ0n) is 22.5. The molecule has 1 fully saturated rings. The second-order valence-electron chi connectivity index (χ2n) is 10.4. The molecule has 2 atom stereocenters. The molecule has 0 bridgehead atoms. The highest BCUT2D eigenvalue weighted by Gasteiger charge is 2.26. The van der Waals surface area contributed by atoms with Crippen LogP contribution in [0, 0.1) is 0 Å². The molecule has 2 aliphatic heterocycles. The number of likely N-dealkylation sites (tertiary alicyclic amines) is 1. The molecular formula is C29H35N7O3. The van der Waals surface area contributed by atoms with E-state index in [0.29, 0.717) is 29.8 Å². The lowest BCUT2D eigenvalue weighted by atomic mass is 10.0. The van der Waals surface area contributed by atoms with Crippen LogP contribution in [0.5, 0.6) is 5.75 Å². The number of anilines is 2. The summed E-state index contributed by atoms with van der Waals surface area (Å²) < 4.78 is 8.13. The highest BCUT2D eigenvalue weighted by molar-refractivity contribution is 5.94. The second kappa shape index (κ2) is 10.8. The van der Waals surface area contributed by atoms with E-state index in [1.165, 1.54) is 12.8 Å². The Bertz CT molecular complexity index is 1440. The minimum atomic E-state index is -0.833. The van der Waals surface area contributed by atoms with Gasteiger partial charge in [0, 0.05) is 43.2 Å². The van der Waals surface area contributed by atoms with Crippen LogP contribution in [0.1, 0.15) is 36.5 Å². The first-order chi connectivity index (χ1) is 18.7. The van der Waals surface area contributed by atoms with E-state index in [0.717, 1.165) is 29.7 Å². The van der Waals surface area contributed by atoms with Gasteiger partial charge in [0.2, 0.25) is 5.95 Å². The van der Waals surface area contributed by atoms with Gasteiger partial charge >= 0.3 is 0 Å². The van der Waals surface area contributed by atoms with E-state index in [9.17, 15) is 9.59 Å². The van der Waals surface area contributed by atoms with Crippen LogP contribution in [0.15, 0.2) is 66.5 Å². The van der Waals surface area contributed by atoms with E-state index in [4.69, 9.17) is 15.5 Å². The van der Waals surface area contributed by atoms with E-state index in [1.807, 2.05) is 67.1 Å². The highest BCUT2D eigenvalue weighted by atomic mass is 16.5. The predicted octanol–water partition coefficient (Wildman–Crippen LogP) is 3.15. The number of nitrogens with zero attached hydrogens (tertiary/aromatic N) is 3. The smallest absolute Gasteiger partial charge is 0.264 e. The van der Waals surface area contributed by atoms with Gasteiger partial charge in [-0.15, -0.1) is 0 Å². The van der Waals surface area contributed by atoms with Gasteiger partial charge in [-0.3, -0.25) is 9.59 Å². The number of carbonyl (C=O) groups excluding carboxylic acids is 2. The van der Waals surface area contributed by atoms with Crippen LogP contribution in [-0.2, 0) is 11.8 Å². The van der Waals surface area contributed by atoms with Crippen molar-refractivity contribution in [3.05, 3.63) is 72.1 Å². The van der Waals surface area contributed by atoms with Crippen LogP contribution < -0.4 is 26.4 Å². The van der Waals surface area contributed by atoms with E-state index >= 15 is 0 Å². The number of fused-ring (bicyclic) bond motifs is 1. The van der Waals surface area contributed by atoms with E-state index in [1.54, 1.807) is 12.3 Å². The summed E-state index contributed by atoms with van der Waals surface area (Å²) in [5.74, 6) is 0.652. The third-order valence-electron chi connectivity index (χ3n) is 7.38. The molecule has 3 aromatic rings. The molecule has 5 N–H and O–H groups in total. The number of amides is 2. The lowest BCUT2D eigenvalue weighted by molar-refractivity contribution is -0.115. The first-order valence-corrected chi connectivity index (χ1v) is 13.2. The minimum Gasteiger partial charge on any atom is -0.479 e. The Kier molecular flexibility index (Phi) is 7.30. The number of imidazole rings is 1. The number of ether oxygens (including phenoxy) is 1. The number of aromatic nitrogens is 2. The van der Waals surface area contributed by atoms with Crippen molar-refractivity contribution in [1.82, 2.24) is 25.1 Å². The molecule has 1 saturated heterocycles. The van der Waals surface area contributed by atoms with Gasteiger partial charge in [-0.1, -0.05) is 0 Å². The molecule has 0 saturated carbocycles. The number of rotatable bonds is 9. The van der Waals surface area contributed by atoms with Crippen LogP contribution in [-0.4, -0.2) is 58.0 Å². The summed E-state index contributed by atoms with van der Waals surface area (Å²) in [5.41, 5.74) is 7.98. The van der Waals surface area contributed by atoms with Gasteiger partial charge in [-0.05, 0) is 88.3 Å². The number of nitrogens with two attached hydrogens (primary N) is 1. The highest BCUT2D eigenvalue weighted by Crippen LogP contribution is 2.29. The number of carbonyl (C=O) groups is 2. The zero-order valence-corrected chi connectivity index (χ0v) is 22.5. The molecule has 0 aliphatic carbocycles. The monoisotopic (exact) mass is 529 g/mol. The average molecular weight is 530 g/mol. The summed E-state index contributed by atoms with van der Waals surface area (Å²) in [7, 11) is 4.08. The maximum absolute atomic E-state index is 12.6. The van der Waals surface area contributed by atoms with Crippen molar-refractivity contribution in [2.45, 2.75) is 37.8 Å². The molecule has 5 rings (SSSR count). The number of benzene rings is 2. The molecule has 2 unspecified atom stereocenters. The molecule has 2 aromatic carbocycles. The first-order valence-electron chi connectivity index (χ1n) is 13.2. The van der Waals surface area contributed by atoms with Crippen molar-refractivity contribution in [2.75, 3.05) is 25.5 Å². The lowest BCUT2D eigenvalue weighted by Gasteiger charge is -2.27. The molecule has 0 spiro atoms. The summed E-state index contributed by atoms with van der Waals surface area (Å²) in [6.45, 7) is 3.66. The summed E-state index contributed by atoms with van der Waals surface area (Å²) in [4.78, 5) is 31.3. The van der Waals surface area contributed by atoms with Crippen LogP contribution in [0.2, 0.25) is 0 Å². The van der Waals surface area contributed by atoms with Crippen LogP contribution >= 0.6 is 0 Å². The molecule has 10 heteroatoms. The largest absolute Gasteiger partial charge is 0.479 e. The van der Waals surface area contributed by atoms with Crippen LogP contribution in [0.3, 0.4) is 0 Å². The number of hydrogen-bond donors (Lipinski definition) is 4. The fourth-order valence-electron chi connectivity index (χ4n) is 5.12. The number of primary amides is 1. The quantitative estimate of drug-likeness (QED) is 0.335. The standard InChI is InChI=1S/C29H35N7O3/c1-29(13-15-31-24(18-29)26(30)37)39-22-10-11-25-23(17-22)34-28(36(25)3)33-20-8-6-19(7-9-20)27(38)32-14-12-21-5-4-16-35(21)2/h6-11,13,15,17-18,21,31H,4-5,12,14,16H2,1-3H3,(H2,30,37)(H,32,38)(H,33,34). The molecule has 0 radical (unpaired) electrons. The Hall–Kier alpha value is -4.31. The van der Waals surface area contributed by atoms with Gasteiger partial charge in [-0.2, -0.15) is 0 Å². The molecule has 3 heterocycles. The Labute approximate surface area is 227 Å². The van der Waals surface area contributed by atoms with E-state index in [-0.39, 0.29) is 11.6 Å². The Morgan fingerprint density at radius 3 is 2.72 bits per heavy atom. The van der Waals surface area contributed by atoms with Crippen molar-refractivity contribution < 1.29 is 14.3 Å². The Morgan fingerprint density at radius 2 is 2.00 bits per heavy atom. The number of nitrogens with one attached hydrogen (secondary N) is 3. The van der Waals surface area contributed by atoms with Crippen molar-refractivity contribution in [1.29, 1.82) is 0 Å². The lowest BCUT2D eigenvalue weighted by Crippen LogP contribution is -2.36. The third-order valence-corrected chi connectivity index (χ3v) is 7.38. The van der Waals surface area contributed by atoms with Gasteiger partial charge in [0.25, 0.3) is 11.8 Å². The average Bonchev–Trinajstić information content (AvgIpc) is 3.45. The van der Waals surface area contributed by atoms with Crippen molar-refractivity contribution >= 4 is 34.5 Å². The maximum atomic E-state index is 12.6. The molecular weight excluding hydrogens is 494 g/mol. The van der Waals surface area contributed by atoms with Gasteiger partial charge < -0.3 is 35.9 Å². The number of dihydropyridines is 1. The third kappa shape index (κ3) is 5.91. The van der Waals surface area contributed by atoms with Crippen molar-refractivity contribution in [2.24, 2.45) is 12.8 Å². The van der Waals surface area contributed by atoms with E-state index in [2.05, 4.69) is 27.9 Å². The van der Waals surface area contributed by atoms with Crippen LogP contribution in [0.25, 0.3) is 11.0 Å². The van der Waals surface area contributed by atoms with E-state index < -0.39 is 11.5 Å². The summed E-state index contributed by atoms with van der Waals surface area (Å²) in [5, 5.41) is 9.20. The first kappa shape index (κ1) is 26.3. The van der Waals surface area contributed by atoms with Crippen molar-refractivity contribution in [3.8, 4) is 5.75 Å².